The Balaban J connectivity index is 0.999. The third kappa shape index (κ3) is 12.8. The van der Waals surface area contributed by atoms with Crippen LogP contribution >= 0.6 is 0 Å². The maximum Gasteiger partial charge on any atom is 0.252 e. The molecule has 16 aromatic carbocycles. The van der Waals surface area contributed by atoms with E-state index in [0.29, 0.717) is 11.3 Å². The summed E-state index contributed by atoms with van der Waals surface area (Å²) in [6.45, 7) is 36.3. The topological polar surface area (TPSA) is 44.5 Å². The Labute approximate surface area is 711 Å². The second kappa shape index (κ2) is 28.8. The Morgan fingerprint density at radius 1 is 0.281 bits per heavy atom. The second-order valence-electron chi connectivity index (χ2n) is 37.1. The number of fused-ring (bicyclic) bond motifs is 10. The molecule has 6 nitrogen and oxygen atoms in total. The van der Waals surface area contributed by atoms with Gasteiger partial charge in [0.15, 0.2) is 5.69 Å². The van der Waals surface area contributed by atoms with Gasteiger partial charge in [-0.15, -0.1) is 0 Å². The molecule has 0 fully saturated rings. The summed E-state index contributed by atoms with van der Waals surface area (Å²) in [6, 6.07) is 131. The van der Waals surface area contributed by atoms with Crippen LogP contribution in [-0.4, -0.2) is 15.8 Å². The Morgan fingerprint density at radius 2 is 0.636 bits per heavy atom. The first kappa shape index (κ1) is 75.5. The Kier molecular flexibility index (Phi) is 18.0. The van der Waals surface area contributed by atoms with Crippen molar-refractivity contribution in [2.75, 3.05) is 9.80 Å². The molecule has 2 aromatic heterocycles. The molecule has 0 unspecified atom stereocenters. The second-order valence-corrected chi connectivity index (χ2v) is 37.1. The molecule has 121 heavy (non-hydrogen) atoms. The molecule has 0 atom stereocenters. The van der Waals surface area contributed by atoms with Crippen molar-refractivity contribution in [3.8, 4) is 95.3 Å². The summed E-state index contributed by atoms with van der Waals surface area (Å²) < 4.78 is 4.93. The molecule has 582 valence electrons. The average Bonchev–Trinajstić information content (AvgIpc) is 0.945. The van der Waals surface area contributed by atoms with Crippen molar-refractivity contribution in [1.29, 1.82) is 5.26 Å². The lowest BCUT2D eigenvalue weighted by molar-refractivity contribution is 0.590. The molecule has 0 aliphatic carbocycles. The van der Waals surface area contributed by atoms with Gasteiger partial charge >= 0.3 is 0 Å². The van der Waals surface area contributed by atoms with Crippen LogP contribution in [0.2, 0.25) is 0 Å². The minimum absolute atomic E-state index is 0.0829. The highest BCUT2D eigenvalue weighted by atomic mass is 15.2. The van der Waals surface area contributed by atoms with Gasteiger partial charge in [0, 0.05) is 77.9 Å². The Hall–Kier alpha value is -14.2. The molecule has 0 saturated carbocycles. The largest absolute Gasteiger partial charge is 0.310 e. The molecule has 0 saturated heterocycles. The van der Waals surface area contributed by atoms with E-state index in [1.165, 1.54) is 43.8 Å². The van der Waals surface area contributed by atoms with E-state index in [1.807, 2.05) is 24.3 Å². The van der Waals surface area contributed by atoms with Crippen LogP contribution in [0.15, 0.2) is 346 Å². The van der Waals surface area contributed by atoms with E-state index in [-0.39, 0.29) is 21.7 Å². The van der Waals surface area contributed by atoms with E-state index in [9.17, 15) is 11.8 Å². The van der Waals surface area contributed by atoms with Crippen LogP contribution < -0.4 is 26.2 Å². The third-order valence-corrected chi connectivity index (χ3v) is 25.4. The van der Waals surface area contributed by atoms with Crippen LogP contribution in [0.25, 0.3) is 138 Å². The summed E-state index contributed by atoms with van der Waals surface area (Å²) in [7, 11) is 0. The minimum atomic E-state index is -0.415. The van der Waals surface area contributed by atoms with Gasteiger partial charge in [-0.25, -0.2) is 4.85 Å². The number of anilines is 6. The van der Waals surface area contributed by atoms with Gasteiger partial charge in [-0.3, -0.25) is 0 Å². The molecule has 0 N–H and O–H groups in total. The summed E-state index contributed by atoms with van der Waals surface area (Å²) >= 11 is 0. The van der Waals surface area contributed by atoms with Crippen molar-refractivity contribution in [3.63, 3.8) is 0 Å². The quantitative estimate of drug-likeness (QED) is 0.0958. The third-order valence-electron chi connectivity index (χ3n) is 25.4. The van der Waals surface area contributed by atoms with Gasteiger partial charge in [-0.05, 0) is 207 Å². The number of benzene rings is 16. The van der Waals surface area contributed by atoms with Gasteiger partial charge in [0.2, 0.25) is 0 Å². The predicted octanol–water partition coefficient (Wildman–Crippen LogP) is 29.2. The van der Waals surface area contributed by atoms with E-state index in [4.69, 9.17) is 0 Å². The highest BCUT2D eigenvalue weighted by molar-refractivity contribution is 7.00. The van der Waals surface area contributed by atoms with Crippen LogP contribution in [0, 0.1) is 17.9 Å². The average molecular weight is 1560 g/mol. The van der Waals surface area contributed by atoms with Crippen molar-refractivity contribution < 1.29 is 0 Å². The summed E-state index contributed by atoms with van der Waals surface area (Å²) in [4.78, 5) is 9.75. The van der Waals surface area contributed by atoms with Crippen molar-refractivity contribution in [1.82, 2.24) is 9.13 Å². The molecule has 0 bridgehead atoms. The van der Waals surface area contributed by atoms with Crippen LogP contribution in [0.4, 0.5) is 39.8 Å². The summed E-state index contributed by atoms with van der Waals surface area (Å²) in [5, 5.41) is 16.5. The number of hydrogen-bond acceptors (Lipinski definition) is 3. The Bertz CT molecular complexity index is 6810. The number of hydrogen-bond donors (Lipinski definition) is 0. The molecule has 20 rings (SSSR count). The van der Waals surface area contributed by atoms with Gasteiger partial charge in [0.05, 0.1) is 51.6 Å². The fourth-order valence-corrected chi connectivity index (χ4v) is 19.1. The zero-order valence-electron chi connectivity index (χ0n) is 70.7. The molecule has 4 heterocycles. The van der Waals surface area contributed by atoms with E-state index in [0.717, 1.165) is 162 Å². The standard InChI is InChI=1S/C114H93BN6/c1-111(2,3)81-53-49-73(50-54-81)78-63-93(75-34-29-36-83(61-75)113(7,8)9)109(95(65-78)87-38-18-17-33-77(87)71-116)120-104-69-85(118-100-45-25-20-40-89(100)90-41-21-26-46-101(90)118)57-59-97(104)115-98-60-58-86(119-102-47-27-22-42-91(102)92-43-23-28-48-103(92)119)70-105(98)121(107-68-80(67-106(120)108(107)115)72-31-15-14-16-32-72)110-94(76-35-30-37-84(62-76)114(10,11)12)64-79(74-51-55-82(56-52-74)112(4,5)6)66-96(110)88-39-19-24-44-99(88)117-13/h14-70H,1-12H3. The molecular formula is C114H93BN6. The number of para-hydroxylation sites is 5. The van der Waals surface area contributed by atoms with Gasteiger partial charge in [-0.2, -0.15) is 5.26 Å². The number of nitriles is 1. The van der Waals surface area contributed by atoms with Gasteiger partial charge in [0.25, 0.3) is 6.71 Å². The fourth-order valence-electron chi connectivity index (χ4n) is 19.1. The summed E-state index contributed by atoms with van der Waals surface area (Å²) in [5.74, 6) is 0. The Morgan fingerprint density at radius 3 is 1.06 bits per heavy atom. The molecule has 2 aliphatic heterocycles. The lowest BCUT2D eigenvalue weighted by atomic mass is 9.33. The first-order valence-corrected chi connectivity index (χ1v) is 42.3. The SMILES string of the molecule is [C-]#[N+]c1ccccc1-c1cc(-c2ccc(C(C)(C)C)cc2)cc(-c2cccc(C(C)(C)C)c2)c1N1c2cc(-n3c4ccccc4c4ccccc43)ccc2B2c3ccc(-n4c5ccccc5c5ccccc54)cc3N(c3c(-c4cccc(C(C)(C)C)c4)cc(-c4ccc(C(C)(C)C)cc4)cc3-c3ccccc3C#N)c3cc(-c4ccccc4)cc1c32. The van der Waals surface area contributed by atoms with E-state index >= 15 is 0 Å². The van der Waals surface area contributed by atoms with E-state index in [1.54, 1.807) is 0 Å². The van der Waals surface area contributed by atoms with Crippen LogP contribution in [0.3, 0.4) is 0 Å². The first-order chi connectivity index (χ1) is 58.5. The molecule has 2 aliphatic rings. The smallest absolute Gasteiger partial charge is 0.252 e. The van der Waals surface area contributed by atoms with Crippen molar-refractivity contribution in [3.05, 3.63) is 385 Å². The first-order valence-electron chi connectivity index (χ1n) is 42.3. The maximum absolute atomic E-state index is 11.8. The van der Waals surface area contributed by atoms with E-state index in [2.05, 4.69) is 434 Å². The van der Waals surface area contributed by atoms with Crippen molar-refractivity contribution >= 4 is 107 Å². The van der Waals surface area contributed by atoms with Crippen molar-refractivity contribution in [2.45, 2.75) is 105 Å². The number of aromatic nitrogens is 2. The lowest BCUT2D eigenvalue weighted by Crippen LogP contribution is -2.61. The van der Waals surface area contributed by atoms with Crippen LogP contribution in [-0.2, 0) is 21.7 Å². The fraction of sp³-hybridized carbons (Fsp3) is 0.140. The van der Waals surface area contributed by atoms with Crippen molar-refractivity contribution in [2.24, 2.45) is 0 Å². The van der Waals surface area contributed by atoms with Gasteiger partial charge in [0.1, 0.15) is 0 Å². The number of nitrogens with zero attached hydrogens (tertiary/aromatic N) is 6. The number of rotatable bonds is 11. The molecule has 0 amide bonds. The highest BCUT2D eigenvalue weighted by Crippen LogP contribution is 2.57. The van der Waals surface area contributed by atoms with Crippen LogP contribution in [0.1, 0.15) is 111 Å². The van der Waals surface area contributed by atoms with E-state index < -0.39 is 6.71 Å². The summed E-state index contributed by atoms with van der Waals surface area (Å²) in [5.41, 5.74) is 34.8. The molecule has 18 aromatic rings. The lowest BCUT2D eigenvalue weighted by Gasteiger charge is -2.46. The van der Waals surface area contributed by atoms with Gasteiger partial charge in [-0.1, -0.05) is 338 Å². The van der Waals surface area contributed by atoms with Crippen LogP contribution in [0.5, 0.6) is 0 Å². The maximum atomic E-state index is 11.8. The molecule has 7 heteroatoms. The minimum Gasteiger partial charge on any atom is -0.310 e. The zero-order valence-corrected chi connectivity index (χ0v) is 70.7. The molecule has 0 radical (unpaired) electrons. The predicted molar refractivity (Wildman–Crippen MR) is 513 cm³/mol. The zero-order chi connectivity index (χ0) is 83.1. The van der Waals surface area contributed by atoms with Gasteiger partial charge < -0.3 is 18.9 Å². The molecule has 0 spiro atoms. The highest BCUT2D eigenvalue weighted by Gasteiger charge is 2.47. The summed E-state index contributed by atoms with van der Waals surface area (Å²) in [6.07, 6.45) is 0. The molecular weight excluding hydrogens is 1460 g/mol. The normalized spacial score (nSPS) is 12.7. The monoisotopic (exact) mass is 1560 g/mol.